The van der Waals surface area contributed by atoms with Gasteiger partial charge in [0.2, 0.25) is 0 Å². The molecule has 1 aliphatic rings. The fourth-order valence-corrected chi connectivity index (χ4v) is 10.8. The molecule has 0 saturated heterocycles. The van der Waals surface area contributed by atoms with E-state index >= 15 is 0 Å². The molecule has 0 amide bonds. The van der Waals surface area contributed by atoms with E-state index in [1.807, 2.05) is 0 Å². The summed E-state index contributed by atoms with van der Waals surface area (Å²) in [5.74, 6) is 0. The number of hydrogen-bond acceptors (Lipinski definition) is 0. The second-order valence-electron chi connectivity index (χ2n) is 16.6. The van der Waals surface area contributed by atoms with Gasteiger partial charge in [0.05, 0.1) is 22.1 Å². The maximum absolute atomic E-state index is 2.44. The molecular weight excluding hydrogens is 725 g/mol. The quantitative estimate of drug-likeness (QED) is 0.155. The molecule has 0 atom stereocenters. The Morgan fingerprint density at radius 2 is 0.817 bits per heavy atom. The molecule has 2 aromatic heterocycles. The standard InChI is InChI=1S/C58H38N2/c1-58(50-21-11-13-38-25-26-39-14-12-22-51(58)57(39)56(38)50)49-20-8-5-17-44(49)37-27-31-43(32-28-37)60-52-23-9-6-18-45(52)47-33-29-41(36-55(47)60)40-30-34-54-48(35-40)46-19-7-10-24-53(46)59(54)42-15-3-2-4-16-42/h2-36H,1H3. The molecular formula is C58H38N2. The molecule has 2 heteroatoms. The van der Waals surface area contributed by atoms with Crippen molar-refractivity contribution >= 4 is 65.2 Å². The lowest BCUT2D eigenvalue weighted by Crippen LogP contribution is -2.23. The van der Waals surface area contributed by atoms with E-state index in [1.54, 1.807) is 0 Å². The Morgan fingerprint density at radius 1 is 0.317 bits per heavy atom. The van der Waals surface area contributed by atoms with Gasteiger partial charge in [-0.3, -0.25) is 0 Å². The van der Waals surface area contributed by atoms with Crippen LogP contribution in [0.3, 0.4) is 0 Å². The molecule has 10 aromatic carbocycles. The molecule has 2 nitrogen and oxygen atoms in total. The van der Waals surface area contributed by atoms with Crippen molar-refractivity contribution in [2.75, 3.05) is 0 Å². The van der Waals surface area contributed by atoms with E-state index in [0.29, 0.717) is 0 Å². The van der Waals surface area contributed by atoms with Crippen LogP contribution < -0.4 is 0 Å². The molecule has 2 heterocycles. The van der Waals surface area contributed by atoms with E-state index in [-0.39, 0.29) is 5.41 Å². The van der Waals surface area contributed by atoms with Crippen LogP contribution in [-0.4, -0.2) is 9.13 Å². The molecule has 0 aliphatic heterocycles. The Balaban J connectivity index is 0.944. The van der Waals surface area contributed by atoms with E-state index in [4.69, 9.17) is 0 Å². The summed E-state index contributed by atoms with van der Waals surface area (Å²) in [6.45, 7) is 2.43. The Hall–Kier alpha value is -7.68. The maximum atomic E-state index is 2.44. The highest BCUT2D eigenvalue weighted by Crippen LogP contribution is 2.54. The van der Waals surface area contributed by atoms with Crippen molar-refractivity contribution in [2.45, 2.75) is 12.3 Å². The van der Waals surface area contributed by atoms with Gasteiger partial charge in [0.25, 0.3) is 0 Å². The Kier molecular flexibility index (Phi) is 6.89. The van der Waals surface area contributed by atoms with Crippen LogP contribution >= 0.6 is 0 Å². The average molecular weight is 763 g/mol. The van der Waals surface area contributed by atoms with E-state index < -0.39 is 0 Å². The molecule has 13 rings (SSSR count). The van der Waals surface area contributed by atoms with Gasteiger partial charge in [-0.15, -0.1) is 0 Å². The highest BCUT2D eigenvalue weighted by molar-refractivity contribution is 6.16. The normalized spacial score (nSPS) is 13.2. The molecule has 0 N–H and O–H groups in total. The third kappa shape index (κ3) is 4.53. The van der Waals surface area contributed by atoms with Gasteiger partial charge >= 0.3 is 0 Å². The lowest BCUT2D eigenvalue weighted by atomic mass is 9.71. The van der Waals surface area contributed by atoms with Crippen molar-refractivity contribution < 1.29 is 0 Å². The van der Waals surface area contributed by atoms with Gasteiger partial charge in [-0.25, -0.2) is 0 Å². The minimum absolute atomic E-state index is 0.291. The lowest BCUT2D eigenvalue weighted by Gasteiger charge is -2.31. The molecule has 0 saturated carbocycles. The minimum Gasteiger partial charge on any atom is -0.309 e. The molecule has 0 bridgehead atoms. The maximum Gasteiger partial charge on any atom is 0.0547 e. The summed E-state index contributed by atoms with van der Waals surface area (Å²) in [7, 11) is 0. The van der Waals surface area contributed by atoms with Crippen molar-refractivity contribution in [1.82, 2.24) is 9.13 Å². The second kappa shape index (κ2) is 12.4. The zero-order valence-electron chi connectivity index (χ0n) is 33.1. The van der Waals surface area contributed by atoms with Gasteiger partial charge in [0.1, 0.15) is 0 Å². The predicted molar refractivity (Wildman–Crippen MR) is 253 cm³/mol. The van der Waals surface area contributed by atoms with Gasteiger partial charge in [0, 0.05) is 38.3 Å². The zero-order valence-corrected chi connectivity index (χ0v) is 33.1. The largest absolute Gasteiger partial charge is 0.309 e. The van der Waals surface area contributed by atoms with Crippen LogP contribution in [0.15, 0.2) is 212 Å². The van der Waals surface area contributed by atoms with Crippen molar-refractivity contribution in [3.8, 4) is 33.6 Å². The predicted octanol–water partition coefficient (Wildman–Crippen LogP) is 15.2. The smallest absolute Gasteiger partial charge is 0.0547 e. The highest BCUT2D eigenvalue weighted by Gasteiger charge is 2.40. The lowest BCUT2D eigenvalue weighted by molar-refractivity contribution is 0.718. The summed E-state index contributed by atoms with van der Waals surface area (Å²) in [5.41, 5.74) is 15.9. The van der Waals surface area contributed by atoms with Crippen molar-refractivity contribution in [3.63, 3.8) is 0 Å². The van der Waals surface area contributed by atoms with E-state index in [1.165, 1.54) is 110 Å². The number of aromatic nitrogens is 2. The van der Waals surface area contributed by atoms with Crippen LogP contribution in [0.1, 0.15) is 23.6 Å². The minimum atomic E-state index is -0.291. The summed E-state index contributed by atoms with van der Waals surface area (Å²) in [5, 5.41) is 10.4. The van der Waals surface area contributed by atoms with E-state index in [0.717, 1.165) is 5.69 Å². The van der Waals surface area contributed by atoms with Gasteiger partial charge in [-0.05, 0) is 122 Å². The molecule has 280 valence electrons. The first kappa shape index (κ1) is 33.3. The van der Waals surface area contributed by atoms with Crippen LogP contribution in [0.4, 0.5) is 0 Å². The topological polar surface area (TPSA) is 9.86 Å². The first-order chi connectivity index (χ1) is 29.6. The Bertz CT molecular complexity index is 3650. The number of hydrogen-bond donors (Lipinski definition) is 0. The summed E-state index contributed by atoms with van der Waals surface area (Å²) in [6, 6.07) is 78.7. The fraction of sp³-hybridized carbons (Fsp3) is 0.0345. The zero-order chi connectivity index (χ0) is 39.5. The summed E-state index contributed by atoms with van der Waals surface area (Å²) in [6.07, 6.45) is 0. The van der Waals surface area contributed by atoms with Gasteiger partial charge in [-0.2, -0.15) is 0 Å². The molecule has 0 spiro atoms. The number of benzene rings is 10. The van der Waals surface area contributed by atoms with Crippen molar-refractivity contribution in [2.24, 2.45) is 0 Å². The monoisotopic (exact) mass is 762 g/mol. The molecule has 1 aliphatic carbocycles. The van der Waals surface area contributed by atoms with Gasteiger partial charge < -0.3 is 9.13 Å². The summed E-state index contributed by atoms with van der Waals surface area (Å²) in [4.78, 5) is 0. The highest BCUT2D eigenvalue weighted by atomic mass is 15.0. The van der Waals surface area contributed by atoms with Crippen molar-refractivity contribution in [1.29, 1.82) is 0 Å². The van der Waals surface area contributed by atoms with Crippen LogP contribution in [0.25, 0.3) is 98.8 Å². The van der Waals surface area contributed by atoms with Gasteiger partial charge in [-0.1, -0.05) is 158 Å². The first-order valence-electron chi connectivity index (χ1n) is 20.9. The Labute approximate surface area is 347 Å². The summed E-state index contributed by atoms with van der Waals surface area (Å²) < 4.78 is 4.82. The molecule has 12 aromatic rings. The van der Waals surface area contributed by atoms with Crippen molar-refractivity contribution in [3.05, 3.63) is 229 Å². The van der Waals surface area contributed by atoms with Crippen LogP contribution in [-0.2, 0) is 5.41 Å². The van der Waals surface area contributed by atoms with E-state index in [2.05, 4.69) is 228 Å². The van der Waals surface area contributed by atoms with Crippen LogP contribution in [0, 0.1) is 0 Å². The van der Waals surface area contributed by atoms with E-state index in [9.17, 15) is 0 Å². The van der Waals surface area contributed by atoms with Gasteiger partial charge in [0.15, 0.2) is 0 Å². The van der Waals surface area contributed by atoms with Crippen LogP contribution in [0.5, 0.6) is 0 Å². The fourth-order valence-electron chi connectivity index (χ4n) is 10.8. The average Bonchev–Trinajstić information content (AvgIpc) is 3.93. The molecule has 60 heavy (non-hydrogen) atoms. The Morgan fingerprint density at radius 3 is 1.53 bits per heavy atom. The molecule has 0 unspecified atom stereocenters. The number of para-hydroxylation sites is 3. The number of fused-ring (bicyclic) bond motifs is 6. The SMILES string of the molecule is CC1(c2ccccc2-c2ccc(-n3c4ccccc4c4ccc(-c5ccc6c(c5)c5ccccc5n6-c5ccccc5)cc43)cc2)c2cccc3ccc4cccc1c4c23. The second-order valence-corrected chi connectivity index (χ2v) is 16.6. The van der Waals surface area contributed by atoms with Crippen LogP contribution in [0.2, 0.25) is 0 Å². The number of nitrogens with zero attached hydrogens (tertiary/aromatic N) is 2. The third-order valence-electron chi connectivity index (χ3n) is 13.6. The third-order valence-corrected chi connectivity index (χ3v) is 13.6. The molecule has 0 fully saturated rings. The first-order valence-corrected chi connectivity index (χ1v) is 20.9. The number of rotatable bonds is 5. The summed E-state index contributed by atoms with van der Waals surface area (Å²) >= 11 is 0. The molecule has 0 radical (unpaired) electrons.